The topological polar surface area (TPSA) is 167 Å². The number of nitrogens with one attached hydrogen (secondary N) is 1. The first-order chi connectivity index (χ1) is 23.6. The molecule has 0 aromatic heterocycles. The van der Waals surface area contributed by atoms with Gasteiger partial charge in [-0.25, -0.2) is 0 Å². The molecule has 0 radical (unpaired) electrons. The predicted octanol–water partition coefficient (Wildman–Crippen LogP) is 3.16. The maximum Gasteiger partial charge on any atom is 0.303 e. The zero-order valence-electron chi connectivity index (χ0n) is 32.6. The molecule has 5 saturated carbocycles. The van der Waals surface area contributed by atoms with Gasteiger partial charge in [0.25, 0.3) is 0 Å². The Morgan fingerprint density at radius 1 is 0.980 bits per heavy atom. The average Bonchev–Trinajstić information content (AvgIpc) is 3.52. The van der Waals surface area contributed by atoms with Crippen molar-refractivity contribution in [3.63, 3.8) is 0 Å². The lowest BCUT2D eigenvalue weighted by Crippen LogP contribution is -2.67. The number of esters is 1. The van der Waals surface area contributed by atoms with E-state index in [0.717, 1.165) is 38.5 Å². The number of hydrogen-bond acceptors (Lipinski definition) is 11. The molecule has 2 heterocycles. The van der Waals surface area contributed by atoms with Crippen molar-refractivity contribution in [2.24, 2.45) is 56.7 Å². The van der Waals surface area contributed by atoms with Crippen molar-refractivity contribution in [1.82, 2.24) is 5.32 Å². The number of ether oxygens (including phenoxy) is 4. The number of fused-ring (bicyclic) bond motifs is 4. The first-order valence-electron chi connectivity index (χ1n) is 19.8. The average molecular weight is 722 g/mol. The van der Waals surface area contributed by atoms with Crippen molar-refractivity contribution >= 4 is 5.97 Å². The molecule has 0 aromatic carbocycles. The highest BCUT2D eigenvalue weighted by molar-refractivity contribution is 5.66. The van der Waals surface area contributed by atoms with Crippen molar-refractivity contribution in [2.75, 3.05) is 20.2 Å². The molecule has 0 amide bonds. The minimum absolute atomic E-state index is 0.0544. The van der Waals surface area contributed by atoms with Gasteiger partial charge in [0.15, 0.2) is 12.4 Å². The van der Waals surface area contributed by atoms with E-state index in [-0.39, 0.29) is 52.1 Å². The minimum Gasteiger partial charge on any atom is -0.457 e. The summed E-state index contributed by atoms with van der Waals surface area (Å²) in [5.41, 5.74) is -3.30. The summed E-state index contributed by atoms with van der Waals surface area (Å²) in [6.45, 7) is 19.1. The molecule has 2 aliphatic heterocycles. The van der Waals surface area contributed by atoms with Gasteiger partial charge in [0, 0.05) is 18.9 Å². The summed E-state index contributed by atoms with van der Waals surface area (Å²) in [7, 11) is 1.90. The zero-order chi connectivity index (χ0) is 37.5. The van der Waals surface area contributed by atoms with Crippen LogP contribution in [0.15, 0.2) is 0 Å². The van der Waals surface area contributed by atoms with Crippen LogP contribution in [0.4, 0.5) is 0 Å². The summed E-state index contributed by atoms with van der Waals surface area (Å²) >= 11 is 0. The molecular weight excluding hydrogens is 654 g/mol. The van der Waals surface area contributed by atoms with E-state index in [1.807, 2.05) is 7.05 Å². The normalized spacial score (nSPS) is 55.0. The molecule has 2 spiro atoms. The van der Waals surface area contributed by atoms with Gasteiger partial charge < -0.3 is 49.8 Å². The molecule has 11 nitrogen and oxygen atoms in total. The van der Waals surface area contributed by atoms with Crippen LogP contribution < -0.4 is 5.32 Å². The van der Waals surface area contributed by atoms with E-state index in [4.69, 9.17) is 18.9 Å². The van der Waals surface area contributed by atoms with Gasteiger partial charge in [-0.3, -0.25) is 4.79 Å². The van der Waals surface area contributed by atoms with Crippen LogP contribution in [-0.4, -0.2) is 112 Å². The third kappa shape index (κ3) is 4.77. The summed E-state index contributed by atoms with van der Waals surface area (Å²) in [6.07, 6.45) is -0.319. The number of likely N-dealkylation sites (N-methyl/N-ethyl adjacent to an activating group) is 1. The van der Waals surface area contributed by atoms with Crippen molar-refractivity contribution in [1.29, 1.82) is 0 Å². The lowest BCUT2D eigenvalue weighted by atomic mass is 9.40. The lowest BCUT2D eigenvalue weighted by Gasteiger charge is -2.65. The largest absolute Gasteiger partial charge is 0.457 e. The Hall–Kier alpha value is -0.890. The number of hydrogen-bond donors (Lipinski definition) is 6. The summed E-state index contributed by atoms with van der Waals surface area (Å²) in [5, 5.41) is 59.2. The van der Waals surface area contributed by atoms with Crippen LogP contribution in [0.5, 0.6) is 0 Å². The van der Waals surface area contributed by atoms with Crippen LogP contribution in [0.1, 0.15) is 107 Å². The lowest BCUT2D eigenvalue weighted by molar-refractivity contribution is -0.303. The molecule has 7 aliphatic rings. The molecule has 7 fully saturated rings. The highest BCUT2D eigenvalue weighted by Crippen LogP contribution is 2.92. The number of aliphatic hydroxyl groups excluding tert-OH is 3. The van der Waals surface area contributed by atoms with Gasteiger partial charge in [-0.1, -0.05) is 41.5 Å². The van der Waals surface area contributed by atoms with Crippen molar-refractivity contribution in [2.45, 2.75) is 167 Å². The predicted molar refractivity (Wildman–Crippen MR) is 188 cm³/mol. The van der Waals surface area contributed by atoms with Gasteiger partial charge in [0.05, 0.1) is 30.5 Å². The van der Waals surface area contributed by atoms with Gasteiger partial charge in [0.1, 0.15) is 23.9 Å². The van der Waals surface area contributed by atoms with Crippen molar-refractivity contribution < 1.29 is 49.3 Å². The molecule has 6 N–H and O–H groups in total. The van der Waals surface area contributed by atoms with Gasteiger partial charge in [-0.2, -0.15) is 0 Å². The monoisotopic (exact) mass is 721 g/mol. The van der Waals surface area contributed by atoms with E-state index in [9.17, 15) is 30.3 Å². The Balaban J connectivity index is 1.22. The Kier molecular flexibility index (Phi) is 9.07. The SMILES string of the molecule is CNCC1(O)C2OC(C(OC(C)=O)C(C)(C)O)CC(C)C2C2(C)CCC34C(C)C35CCC(OC3OCC(O)C(O)C3O)C(C)(C)C5CCC4C21C. The van der Waals surface area contributed by atoms with Crippen molar-refractivity contribution in [3.05, 3.63) is 0 Å². The second-order valence-corrected chi connectivity index (χ2v) is 19.8. The summed E-state index contributed by atoms with van der Waals surface area (Å²) < 4.78 is 25.0. The van der Waals surface area contributed by atoms with Crippen LogP contribution in [-0.2, 0) is 23.7 Å². The van der Waals surface area contributed by atoms with Gasteiger partial charge in [-0.05, 0) is 117 Å². The molecule has 5 aliphatic carbocycles. The minimum atomic E-state index is -1.32. The highest BCUT2D eigenvalue weighted by Gasteiger charge is 2.89. The fraction of sp³-hybridized carbons (Fsp3) is 0.975. The number of carbonyl (C=O) groups excluding carboxylic acids is 1. The van der Waals surface area contributed by atoms with Gasteiger partial charge in [0.2, 0.25) is 0 Å². The molecular formula is C40H67NO10. The first kappa shape index (κ1) is 38.4. The molecule has 18 unspecified atom stereocenters. The Labute approximate surface area is 304 Å². The molecule has 292 valence electrons. The number of carbonyl (C=O) groups is 1. The standard InChI is InChI=1S/C40H67NO10/c1-20-17-24(31(35(6,7)46)49-22(3)42)50-32-28(20)36(8)15-16-39-21(2)38(39)14-13-27(51-33-30(45)29(44)23(43)18-48-33)34(4,5)25(38)11-12-26(39)37(36,9)40(32,47)19-41-10/h20-21,23-33,41,43-47H,11-19H2,1-10H3. The molecule has 11 heteroatoms. The zero-order valence-corrected chi connectivity index (χ0v) is 32.6. The molecule has 51 heavy (non-hydrogen) atoms. The summed E-state index contributed by atoms with van der Waals surface area (Å²) in [5.74, 6) is 0.903. The third-order valence-electron chi connectivity index (χ3n) is 17.3. The molecule has 2 saturated heterocycles. The van der Waals surface area contributed by atoms with Crippen LogP contribution >= 0.6 is 0 Å². The van der Waals surface area contributed by atoms with E-state index in [1.54, 1.807) is 13.8 Å². The van der Waals surface area contributed by atoms with Crippen LogP contribution in [0.2, 0.25) is 0 Å². The second-order valence-electron chi connectivity index (χ2n) is 19.8. The Morgan fingerprint density at radius 3 is 2.25 bits per heavy atom. The summed E-state index contributed by atoms with van der Waals surface area (Å²) in [4.78, 5) is 12.2. The van der Waals surface area contributed by atoms with Crippen LogP contribution in [0, 0.1) is 56.7 Å². The third-order valence-corrected chi connectivity index (χ3v) is 17.3. The maximum atomic E-state index is 13.5. The highest BCUT2D eigenvalue weighted by atomic mass is 16.7. The van der Waals surface area contributed by atoms with E-state index in [0.29, 0.717) is 24.8 Å². The van der Waals surface area contributed by atoms with E-state index in [1.165, 1.54) is 6.92 Å². The maximum absolute atomic E-state index is 13.5. The fourth-order valence-electron chi connectivity index (χ4n) is 15.2. The van der Waals surface area contributed by atoms with Gasteiger partial charge >= 0.3 is 5.97 Å². The van der Waals surface area contributed by atoms with Gasteiger partial charge in [-0.15, -0.1) is 0 Å². The fourth-order valence-corrected chi connectivity index (χ4v) is 15.2. The van der Waals surface area contributed by atoms with E-state index < -0.39 is 65.5 Å². The molecule has 0 bridgehead atoms. The van der Waals surface area contributed by atoms with Crippen LogP contribution in [0.25, 0.3) is 0 Å². The number of aliphatic hydroxyl groups is 5. The number of rotatable bonds is 7. The Bertz CT molecular complexity index is 1370. The molecule has 0 aromatic rings. The van der Waals surface area contributed by atoms with E-state index in [2.05, 4.69) is 46.9 Å². The molecule has 7 rings (SSSR count). The molecule has 18 atom stereocenters. The van der Waals surface area contributed by atoms with Crippen molar-refractivity contribution in [3.8, 4) is 0 Å². The smallest absolute Gasteiger partial charge is 0.303 e. The van der Waals surface area contributed by atoms with E-state index >= 15 is 0 Å². The Morgan fingerprint density at radius 2 is 1.63 bits per heavy atom. The quantitative estimate of drug-likeness (QED) is 0.169. The summed E-state index contributed by atoms with van der Waals surface area (Å²) in [6, 6.07) is 0. The first-order valence-corrected chi connectivity index (χ1v) is 19.8. The van der Waals surface area contributed by atoms with Crippen LogP contribution in [0.3, 0.4) is 0 Å². The second kappa shape index (κ2) is 12.1.